The van der Waals surface area contributed by atoms with E-state index in [1.165, 1.54) is 11.3 Å². The number of anilines is 2. The molecule has 0 aliphatic rings. The van der Waals surface area contributed by atoms with Crippen LogP contribution in [0.3, 0.4) is 0 Å². The molecule has 5 nitrogen and oxygen atoms in total. The van der Waals surface area contributed by atoms with Gasteiger partial charge in [0.1, 0.15) is 0 Å². The van der Waals surface area contributed by atoms with Crippen LogP contribution < -0.4 is 15.0 Å². The van der Waals surface area contributed by atoms with Gasteiger partial charge in [-0.15, -0.1) is 0 Å². The van der Waals surface area contributed by atoms with Crippen molar-refractivity contribution in [2.75, 3.05) is 31.4 Å². The number of aryl methyl sites for hydroxylation is 3. The van der Waals surface area contributed by atoms with E-state index in [4.69, 9.17) is 4.74 Å². The van der Waals surface area contributed by atoms with E-state index in [1.54, 1.807) is 11.8 Å². The lowest BCUT2D eigenvalue weighted by atomic mass is 10.1. The minimum absolute atomic E-state index is 0.699. The van der Waals surface area contributed by atoms with Crippen LogP contribution in [0.2, 0.25) is 0 Å². The number of aromatic nitrogens is 2. The largest absolute Gasteiger partial charge is 0.481 e. The van der Waals surface area contributed by atoms with Crippen LogP contribution in [-0.2, 0) is 13.6 Å². The van der Waals surface area contributed by atoms with Crippen molar-refractivity contribution >= 4 is 11.4 Å². The summed E-state index contributed by atoms with van der Waals surface area (Å²) in [6, 6.07) is 6.40. The summed E-state index contributed by atoms with van der Waals surface area (Å²) >= 11 is 0. The predicted molar refractivity (Wildman–Crippen MR) is 87.3 cm³/mol. The van der Waals surface area contributed by atoms with E-state index >= 15 is 0 Å². The molecule has 1 aromatic heterocycles. The average molecular weight is 288 g/mol. The van der Waals surface area contributed by atoms with Crippen LogP contribution in [0.5, 0.6) is 5.88 Å². The summed E-state index contributed by atoms with van der Waals surface area (Å²) in [5.41, 5.74) is 5.64. The first kappa shape index (κ1) is 15.2. The Morgan fingerprint density at radius 2 is 2.00 bits per heavy atom. The molecule has 0 amide bonds. The maximum absolute atomic E-state index is 5.42. The Labute approximate surface area is 126 Å². The van der Waals surface area contributed by atoms with Crippen molar-refractivity contribution < 1.29 is 4.74 Å². The number of rotatable bonds is 5. The first-order chi connectivity index (χ1) is 9.93. The van der Waals surface area contributed by atoms with Crippen LogP contribution >= 0.6 is 0 Å². The molecule has 0 unspecified atom stereocenters. The molecule has 0 aliphatic heterocycles. The van der Waals surface area contributed by atoms with Gasteiger partial charge in [-0.3, -0.25) is 0 Å². The lowest BCUT2D eigenvalue weighted by Crippen LogP contribution is -2.09. The van der Waals surface area contributed by atoms with Crippen LogP contribution in [0.25, 0.3) is 0 Å². The number of nitrogens with zero attached hydrogens (tertiary/aromatic N) is 3. The second-order valence-corrected chi connectivity index (χ2v) is 5.44. The third-order valence-corrected chi connectivity index (χ3v) is 3.66. The number of benzene rings is 1. The number of hydrogen-bond acceptors (Lipinski definition) is 4. The molecule has 0 fully saturated rings. The molecule has 5 heteroatoms. The number of ether oxygens (including phenoxy) is 1. The summed E-state index contributed by atoms with van der Waals surface area (Å²) < 4.78 is 7.19. The van der Waals surface area contributed by atoms with E-state index < -0.39 is 0 Å². The number of methoxy groups -OCH3 is 1. The summed E-state index contributed by atoms with van der Waals surface area (Å²) in [6.07, 6.45) is 0. The van der Waals surface area contributed by atoms with Crippen molar-refractivity contribution in [1.82, 2.24) is 9.78 Å². The van der Waals surface area contributed by atoms with E-state index in [9.17, 15) is 0 Å². The highest BCUT2D eigenvalue weighted by Crippen LogP contribution is 2.25. The van der Waals surface area contributed by atoms with Crippen LogP contribution in [-0.4, -0.2) is 31.0 Å². The highest BCUT2D eigenvalue weighted by molar-refractivity contribution is 5.60. The van der Waals surface area contributed by atoms with E-state index in [-0.39, 0.29) is 0 Å². The molecule has 0 aliphatic carbocycles. The quantitative estimate of drug-likeness (QED) is 0.918. The minimum atomic E-state index is 0.699. The Bertz CT molecular complexity index is 631. The second-order valence-electron chi connectivity index (χ2n) is 5.44. The Morgan fingerprint density at radius 3 is 2.57 bits per heavy atom. The Hall–Kier alpha value is -2.17. The summed E-state index contributed by atoms with van der Waals surface area (Å²) in [7, 11) is 7.67. The van der Waals surface area contributed by atoms with Crippen LogP contribution in [0, 0.1) is 13.8 Å². The SMILES string of the molecule is COc1c(CNc2ccc(N(C)C)cc2C)c(C)nn1C. The van der Waals surface area contributed by atoms with Crippen molar-refractivity contribution in [2.24, 2.45) is 7.05 Å². The van der Waals surface area contributed by atoms with Crippen molar-refractivity contribution in [1.29, 1.82) is 0 Å². The lowest BCUT2D eigenvalue weighted by molar-refractivity contribution is 0.370. The van der Waals surface area contributed by atoms with Gasteiger partial charge in [0.15, 0.2) is 0 Å². The zero-order chi connectivity index (χ0) is 15.6. The fraction of sp³-hybridized carbons (Fsp3) is 0.438. The van der Waals surface area contributed by atoms with Gasteiger partial charge in [0, 0.05) is 39.1 Å². The van der Waals surface area contributed by atoms with Gasteiger partial charge in [0.25, 0.3) is 0 Å². The Kier molecular flexibility index (Phi) is 4.40. The first-order valence-corrected chi connectivity index (χ1v) is 7.02. The average Bonchev–Trinajstić information content (AvgIpc) is 2.70. The molecule has 21 heavy (non-hydrogen) atoms. The zero-order valence-electron chi connectivity index (χ0n) is 13.7. The van der Waals surface area contributed by atoms with Gasteiger partial charge in [-0.25, -0.2) is 4.68 Å². The molecule has 1 aromatic carbocycles. The highest BCUT2D eigenvalue weighted by Gasteiger charge is 2.13. The number of hydrogen-bond donors (Lipinski definition) is 1. The van der Waals surface area contributed by atoms with Crippen molar-refractivity contribution in [3.63, 3.8) is 0 Å². The monoisotopic (exact) mass is 288 g/mol. The maximum Gasteiger partial charge on any atom is 0.216 e. The van der Waals surface area contributed by atoms with Crippen LogP contribution in [0.4, 0.5) is 11.4 Å². The third-order valence-electron chi connectivity index (χ3n) is 3.66. The molecule has 1 N–H and O–H groups in total. The van der Waals surface area contributed by atoms with Gasteiger partial charge in [0.05, 0.1) is 18.4 Å². The molecular weight excluding hydrogens is 264 g/mol. The minimum Gasteiger partial charge on any atom is -0.481 e. The van der Waals surface area contributed by atoms with Crippen molar-refractivity contribution in [3.05, 3.63) is 35.0 Å². The zero-order valence-corrected chi connectivity index (χ0v) is 13.7. The van der Waals surface area contributed by atoms with Crippen LogP contribution in [0.15, 0.2) is 18.2 Å². The topological polar surface area (TPSA) is 42.3 Å². The van der Waals surface area contributed by atoms with Gasteiger partial charge in [-0.2, -0.15) is 5.10 Å². The molecule has 0 spiro atoms. The predicted octanol–water partition coefficient (Wildman–Crippen LogP) is 2.72. The third kappa shape index (κ3) is 3.12. The molecule has 2 aromatic rings. The molecule has 0 atom stereocenters. The first-order valence-electron chi connectivity index (χ1n) is 7.02. The molecule has 0 bridgehead atoms. The van der Waals surface area contributed by atoms with Gasteiger partial charge >= 0.3 is 0 Å². The Balaban J connectivity index is 2.17. The maximum atomic E-state index is 5.42. The van der Waals surface area contributed by atoms with Crippen LogP contribution in [0.1, 0.15) is 16.8 Å². The fourth-order valence-electron chi connectivity index (χ4n) is 2.45. The fourth-order valence-corrected chi connectivity index (χ4v) is 2.45. The van der Waals surface area contributed by atoms with Gasteiger partial charge in [0.2, 0.25) is 5.88 Å². The molecule has 0 saturated carbocycles. The second kappa shape index (κ2) is 6.08. The highest BCUT2D eigenvalue weighted by atomic mass is 16.5. The lowest BCUT2D eigenvalue weighted by Gasteiger charge is -2.16. The van der Waals surface area contributed by atoms with E-state index in [2.05, 4.69) is 40.4 Å². The van der Waals surface area contributed by atoms with E-state index in [0.29, 0.717) is 6.54 Å². The Morgan fingerprint density at radius 1 is 1.29 bits per heavy atom. The summed E-state index contributed by atoms with van der Waals surface area (Å²) in [6.45, 7) is 4.81. The molecule has 1 heterocycles. The van der Waals surface area contributed by atoms with Gasteiger partial charge in [-0.1, -0.05) is 0 Å². The van der Waals surface area contributed by atoms with Gasteiger partial charge in [-0.05, 0) is 37.6 Å². The molecule has 0 saturated heterocycles. The van der Waals surface area contributed by atoms with E-state index in [0.717, 1.165) is 22.8 Å². The smallest absolute Gasteiger partial charge is 0.216 e. The summed E-state index contributed by atoms with van der Waals surface area (Å²) in [4.78, 5) is 2.10. The summed E-state index contributed by atoms with van der Waals surface area (Å²) in [5.74, 6) is 0.808. The standard InChI is InChI=1S/C16H24N4O/c1-11-9-13(19(3)4)7-8-15(11)17-10-14-12(2)18-20(5)16(14)21-6/h7-9,17H,10H2,1-6H3. The summed E-state index contributed by atoms with van der Waals surface area (Å²) in [5, 5.41) is 7.87. The van der Waals surface area contributed by atoms with E-state index in [1.807, 2.05) is 28.1 Å². The number of nitrogens with one attached hydrogen (secondary N) is 1. The van der Waals surface area contributed by atoms with Gasteiger partial charge < -0.3 is 15.0 Å². The molecule has 2 rings (SSSR count). The van der Waals surface area contributed by atoms with Crippen molar-refractivity contribution in [3.8, 4) is 5.88 Å². The normalized spacial score (nSPS) is 10.6. The molecular formula is C16H24N4O. The molecule has 114 valence electrons. The molecule has 0 radical (unpaired) electrons. The van der Waals surface area contributed by atoms with Crippen molar-refractivity contribution in [2.45, 2.75) is 20.4 Å².